The number of hydrogen-bond acceptors (Lipinski definition) is 4. The van der Waals surface area contributed by atoms with E-state index in [1.54, 1.807) is 36.7 Å². The molecule has 0 aliphatic carbocycles. The van der Waals surface area contributed by atoms with E-state index >= 15 is 0 Å². The Kier molecular flexibility index (Phi) is 4.97. The predicted octanol–water partition coefficient (Wildman–Crippen LogP) is 5.41. The average Bonchev–Trinajstić information content (AvgIpc) is 2.60. The van der Waals surface area contributed by atoms with Crippen molar-refractivity contribution in [3.63, 3.8) is 0 Å². The van der Waals surface area contributed by atoms with Crippen LogP contribution in [0.1, 0.15) is 0 Å². The van der Waals surface area contributed by atoms with Crippen LogP contribution >= 0.6 is 31.9 Å². The van der Waals surface area contributed by atoms with E-state index < -0.39 is 0 Å². The molecular weight excluding hydrogens is 436 g/mol. The Morgan fingerprint density at radius 1 is 0.625 bits per heavy atom. The molecule has 0 saturated carbocycles. The summed E-state index contributed by atoms with van der Waals surface area (Å²) in [4.78, 5) is 8.12. The molecule has 2 heterocycles. The molecule has 2 aromatic carbocycles. The van der Waals surface area contributed by atoms with Gasteiger partial charge in [-0.3, -0.25) is 9.97 Å². The van der Waals surface area contributed by atoms with Crippen LogP contribution in [0.25, 0.3) is 21.8 Å². The Balaban J connectivity index is 0.000000141. The Morgan fingerprint density at radius 3 is 1.92 bits per heavy atom. The molecule has 120 valence electrons. The first-order chi connectivity index (χ1) is 11.6. The monoisotopic (exact) mass is 446 g/mol. The molecule has 0 aliphatic rings. The lowest BCUT2D eigenvalue weighted by atomic mass is 10.2. The molecule has 0 unspecified atom stereocenters. The van der Waals surface area contributed by atoms with Crippen molar-refractivity contribution in [2.75, 3.05) is 0 Å². The fraction of sp³-hybridized carbons (Fsp3) is 0. The lowest BCUT2D eigenvalue weighted by Gasteiger charge is -2.00. The van der Waals surface area contributed by atoms with Gasteiger partial charge in [0.25, 0.3) is 0 Å². The molecule has 0 saturated heterocycles. The standard InChI is InChI=1S/2C9H6BrNO/c10-7-3-4-8(12)9-6(7)2-1-5-11-9;10-7-4-5-11-9-6(7)2-1-3-8(9)12/h2*1-5,12H. The summed E-state index contributed by atoms with van der Waals surface area (Å²) >= 11 is 6.76. The number of phenolic OH excluding ortho intramolecular Hbond substituents is 2. The van der Waals surface area contributed by atoms with Crippen LogP contribution < -0.4 is 0 Å². The molecular formula is C18H12Br2N2O2. The second kappa shape index (κ2) is 7.15. The van der Waals surface area contributed by atoms with Gasteiger partial charge in [0, 0.05) is 32.1 Å². The highest BCUT2D eigenvalue weighted by Gasteiger charge is 2.02. The zero-order valence-corrected chi connectivity index (χ0v) is 15.5. The Hall–Kier alpha value is -2.18. The van der Waals surface area contributed by atoms with E-state index in [0.29, 0.717) is 11.0 Å². The first kappa shape index (κ1) is 16.7. The van der Waals surface area contributed by atoms with Gasteiger partial charge in [0.2, 0.25) is 0 Å². The molecule has 4 nitrogen and oxygen atoms in total. The van der Waals surface area contributed by atoms with Gasteiger partial charge in [-0.05, 0) is 30.3 Å². The fourth-order valence-corrected chi connectivity index (χ4v) is 3.14. The lowest BCUT2D eigenvalue weighted by molar-refractivity contribution is 0.480. The van der Waals surface area contributed by atoms with Gasteiger partial charge in [0.15, 0.2) is 0 Å². The van der Waals surface area contributed by atoms with E-state index in [4.69, 9.17) is 0 Å². The highest BCUT2D eigenvalue weighted by atomic mass is 79.9. The normalized spacial score (nSPS) is 10.4. The summed E-state index contributed by atoms with van der Waals surface area (Å²) in [7, 11) is 0. The van der Waals surface area contributed by atoms with Crippen molar-refractivity contribution < 1.29 is 10.2 Å². The van der Waals surface area contributed by atoms with Crippen molar-refractivity contribution >= 4 is 53.7 Å². The second-order valence-electron chi connectivity index (χ2n) is 4.93. The van der Waals surface area contributed by atoms with E-state index in [-0.39, 0.29) is 11.5 Å². The van der Waals surface area contributed by atoms with Crippen molar-refractivity contribution in [1.82, 2.24) is 9.97 Å². The van der Waals surface area contributed by atoms with Crippen molar-refractivity contribution in [3.8, 4) is 11.5 Å². The SMILES string of the molecule is Oc1ccc(Br)c2cccnc12.Oc1cccc2c(Br)ccnc12. The maximum Gasteiger partial charge on any atom is 0.141 e. The molecule has 0 amide bonds. The fourth-order valence-electron chi connectivity index (χ4n) is 2.25. The number of hydrogen-bond donors (Lipinski definition) is 2. The number of nitrogens with zero attached hydrogens (tertiary/aromatic N) is 2. The largest absolute Gasteiger partial charge is 0.506 e. The maximum atomic E-state index is 9.41. The average molecular weight is 448 g/mol. The van der Waals surface area contributed by atoms with Gasteiger partial charge in [0.1, 0.15) is 22.5 Å². The Morgan fingerprint density at radius 2 is 1.21 bits per heavy atom. The highest BCUT2D eigenvalue weighted by molar-refractivity contribution is 9.11. The molecule has 0 aliphatic heterocycles. The lowest BCUT2D eigenvalue weighted by Crippen LogP contribution is -1.79. The molecule has 0 atom stereocenters. The van der Waals surface area contributed by atoms with Gasteiger partial charge in [-0.2, -0.15) is 0 Å². The third-order valence-electron chi connectivity index (χ3n) is 3.39. The zero-order chi connectivity index (χ0) is 17.1. The van der Waals surface area contributed by atoms with E-state index in [1.165, 1.54) is 0 Å². The molecule has 0 fully saturated rings. The number of aromatic nitrogens is 2. The summed E-state index contributed by atoms with van der Waals surface area (Å²) in [6.45, 7) is 0. The smallest absolute Gasteiger partial charge is 0.141 e. The number of aromatic hydroxyl groups is 2. The minimum Gasteiger partial charge on any atom is -0.506 e. The van der Waals surface area contributed by atoms with Crippen molar-refractivity contribution in [1.29, 1.82) is 0 Å². The number of halogens is 2. The number of rotatable bonds is 0. The molecule has 4 rings (SSSR count). The predicted molar refractivity (Wildman–Crippen MR) is 102 cm³/mol. The molecule has 6 heteroatoms. The second-order valence-corrected chi connectivity index (χ2v) is 6.64. The van der Waals surface area contributed by atoms with E-state index in [0.717, 1.165) is 19.7 Å². The van der Waals surface area contributed by atoms with E-state index in [1.807, 2.05) is 24.3 Å². The quantitative estimate of drug-likeness (QED) is 0.378. The summed E-state index contributed by atoms with van der Waals surface area (Å²) in [5.41, 5.74) is 1.26. The number of phenols is 2. The van der Waals surface area contributed by atoms with Crippen LogP contribution in [0.15, 0.2) is 69.9 Å². The highest BCUT2D eigenvalue weighted by Crippen LogP contribution is 2.29. The van der Waals surface area contributed by atoms with Gasteiger partial charge in [-0.15, -0.1) is 0 Å². The topological polar surface area (TPSA) is 66.2 Å². The zero-order valence-electron chi connectivity index (χ0n) is 12.3. The summed E-state index contributed by atoms with van der Waals surface area (Å²) in [5, 5.41) is 20.7. The summed E-state index contributed by atoms with van der Waals surface area (Å²) in [5.74, 6) is 0.433. The van der Waals surface area contributed by atoms with Crippen molar-refractivity contribution in [2.24, 2.45) is 0 Å². The number of fused-ring (bicyclic) bond motifs is 2. The van der Waals surface area contributed by atoms with E-state index in [2.05, 4.69) is 41.8 Å². The summed E-state index contributed by atoms with van der Waals surface area (Å²) in [6, 6.07) is 14.4. The molecule has 2 N–H and O–H groups in total. The molecule has 24 heavy (non-hydrogen) atoms. The Labute approximate surface area is 155 Å². The van der Waals surface area contributed by atoms with E-state index in [9.17, 15) is 10.2 Å². The van der Waals surface area contributed by atoms with Crippen LogP contribution in [0, 0.1) is 0 Å². The van der Waals surface area contributed by atoms with Crippen LogP contribution in [0.4, 0.5) is 0 Å². The van der Waals surface area contributed by atoms with Crippen LogP contribution in [-0.2, 0) is 0 Å². The number of pyridine rings is 2. The van der Waals surface area contributed by atoms with Gasteiger partial charge >= 0.3 is 0 Å². The van der Waals surface area contributed by atoms with Gasteiger partial charge < -0.3 is 10.2 Å². The third kappa shape index (κ3) is 3.34. The summed E-state index contributed by atoms with van der Waals surface area (Å²) < 4.78 is 1.90. The number of para-hydroxylation sites is 1. The molecule has 0 bridgehead atoms. The van der Waals surface area contributed by atoms with Gasteiger partial charge in [0.05, 0.1) is 0 Å². The first-order valence-corrected chi connectivity index (χ1v) is 8.61. The molecule has 0 spiro atoms. The molecule has 0 radical (unpaired) electrons. The minimum atomic E-state index is 0.216. The van der Waals surface area contributed by atoms with Gasteiger partial charge in [-0.1, -0.05) is 50.1 Å². The van der Waals surface area contributed by atoms with Crippen LogP contribution in [-0.4, -0.2) is 20.2 Å². The summed E-state index contributed by atoms with van der Waals surface area (Å²) in [6.07, 6.45) is 3.32. The third-order valence-corrected chi connectivity index (χ3v) is 4.77. The Bertz CT molecular complexity index is 904. The van der Waals surface area contributed by atoms with Crippen molar-refractivity contribution in [2.45, 2.75) is 0 Å². The first-order valence-electron chi connectivity index (χ1n) is 7.02. The van der Waals surface area contributed by atoms with Crippen molar-refractivity contribution in [3.05, 3.63) is 69.9 Å². The van der Waals surface area contributed by atoms with Crippen LogP contribution in [0.5, 0.6) is 11.5 Å². The van der Waals surface area contributed by atoms with Crippen LogP contribution in [0.3, 0.4) is 0 Å². The molecule has 4 aromatic rings. The number of benzene rings is 2. The maximum absolute atomic E-state index is 9.41. The van der Waals surface area contributed by atoms with Gasteiger partial charge in [-0.25, -0.2) is 0 Å². The van der Waals surface area contributed by atoms with Crippen LogP contribution in [0.2, 0.25) is 0 Å². The minimum absolute atomic E-state index is 0.216. The molecule has 2 aromatic heterocycles.